The highest BCUT2D eigenvalue weighted by molar-refractivity contribution is 7.16. The zero-order valence-corrected chi connectivity index (χ0v) is 17.6. The Morgan fingerprint density at radius 1 is 1.48 bits per heavy atom. The number of hydrogen-bond donors (Lipinski definition) is 4. The van der Waals surface area contributed by atoms with Gasteiger partial charge < -0.3 is 31.2 Å². The Labute approximate surface area is 174 Å². The molecular weight excluding hydrogens is 386 g/mol. The Morgan fingerprint density at radius 2 is 2.31 bits per heavy atom. The fourth-order valence-corrected chi connectivity index (χ4v) is 5.56. The highest BCUT2D eigenvalue weighted by Gasteiger charge is 2.33. The van der Waals surface area contributed by atoms with E-state index in [4.69, 9.17) is 15.9 Å². The summed E-state index contributed by atoms with van der Waals surface area (Å²) in [5.74, 6) is 1.20. The lowest BCUT2D eigenvalue weighted by atomic mass is 9.84. The minimum Gasteiger partial charge on any atom is -0.495 e. The van der Waals surface area contributed by atoms with Gasteiger partial charge in [-0.3, -0.25) is 0 Å². The molecule has 154 valence electrons. The highest BCUT2D eigenvalue weighted by Crippen LogP contribution is 2.47. The van der Waals surface area contributed by atoms with E-state index < -0.39 is 0 Å². The van der Waals surface area contributed by atoms with Gasteiger partial charge in [0.25, 0.3) is 0 Å². The van der Waals surface area contributed by atoms with Crippen molar-refractivity contribution >= 4 is 40.3 Å². The quantitative estimate of drug-likeness (QED) is 0.428. The van der Waals surface area contributed by atoms with Crippen molar-refractivity contribution in [3.8, 4) is 5.75 Å². The van der Waals surface area contributed by atoms with E-state index in [1.165, 1.54) is 22.2 Å². The predicted molar refractivity (Wildman–Crippen MR) is 119 cm³/mol. The van der Waals surface area contributed by atoms with Crippen LogP contribution in [0.2, 0.25) is 0 Å². The molecule has 0 bridgehead atoms. The number of nitrogens with two attached hydrogens (primary N) is 1. The van der Waals surface area contributed by atoms with Crippen molar-refractivity contribution in [2.24, 2.45) is 10.9 Å². The van der Waals surface area contributed by atoms with Gasteiger partial charge in [0.15, 0.2) is 0 Å². The van der Waals surface area contributed by atoms with Crippen molar-refractivity contribution in [2.75, 3.05) is 31.8 Å². The van der Waals surface area contributed by atoms with Gasteiger partial charge in [-0.25, -0.2) is 4.99 Å². The second-order valence-corrected chi connectivity index (χ2v) is 8.71. The second kappa shape index (κ2) is 8.04. The molecule has 0 saturated heterocycles. The normalized spacial score (nSPS) is 20.2. The third kappa shape index (κ3) is 3.58. The van der Waals surface area contributed by atoms with Crippen LogP contribution in [0.1, 0.15) is 40.6 Å². The van der Waals surface area contributed by atoms with Crippen molar-refractivity contribution in [3.05, 3.63) is 33.7 Å². The maximum absolute atomic E-state index is 9.31. The summed E-state index contributed by atoms with van der Waals surface area (Å²) >= 11 is 1.77. The van der Waals surface area contributed by atoms with Gasteiger partial charge in [-0.05, 0) is 43.2 Å². The summed E-state index contributed by atoms with van der Waals surface area (Å²) in [6.07, 6.45) is 7.02. The zero-order chi connectivity index (χ0) is 20.5. The number of nitrogens with zero attached hydrogens (tertiary/aromatic N) is 2. The molecule has 0 spiro atoms. The first kappa shape index (κ1) is 19.7. The van der Waals surface area contributed by atoms with Gasteiger partial charge in [-0.1, -0.05) is 0 Å². The first-order valence-electron chi connectivity index (χ1n) is 9.81. The highest BCUT2D eigenvalue weighted by atomic mass is 32.1. The van der Waals surface area contributed by atoms with Crippen LogP contribution in [-0.4, -0.2) is 43.3 Å². The lowest BCUT2D eigenvalue weighted by molar-refractivity contribution is 0.248. The molecule has 2 unspecified atom stereocenters. The number of nitrogens with one attached hydrogen (secondary N) is 2. The fraction of sp³-hybridized carbons (Fsp3) is 0.429. The Morgan fingerprint density at radius 3 is 3.03 bits per heavy atom. The van der Waals surface area contributed by atoms with Crippen molar-refractivity contribution in [3.63, 3.8) is 0 Å². The average Bonchev–Trinajstić information content (AvgIpc) is 3.09. The number of methoxy groups -OCH3 is 1. The van der Waals surface area contributed by atoms with Crippen LogP contribution < -0.4 is 15.8 Å². The number of aliphatic imine (C=N–C) groups is 1. The molecule has 2 heterocycles. The van der Waals surface area contributed by atoms with Gasteiger partial charge in [0.05, 0.1) is 19.1 Å². The van der Waals surface area contributed by atoms with Gasteiger partial charge in [-0.2, -0.15) is 0 Å². The SMILES string of the molecule is COc1cc(N)c(C=N)cc1NC1c2c(sc3c2CCC(CCO)C3)N=CN1C. The minimum atomic E-state index is -0.0759. The predicted octanol–water partition coefficient (Wildman–Crippen LogP) is 3.54. The van der Waals surface area contributed by atoms with Crippen LogP contribution in [0.15, 0.2) is 17.1 Å². The summed E-state index contributed by atoms with van der Waals surface area (Å²) < 4.78 is 5.53. The number of nitrogen functional groups attached to an aromatic ring is 1. The molecule has 1 aromatic carbocycles. The Balaban J connectivity index is 1.71. The Kier molecular flexibility index (Phi) is 5.47. The minimum absolute atomic E-state index is 0.0759. The molecule has 2 aliphatic rings. The molecule has 2 atom stereocenters. The van der Waals surface area contributed by atoms with E-state index in [-0.39, 0.29) is 12.8 Å². The molecule has 0 fully saturated rings. The summed E-state index contributed by atoms with van der Waals surface area (Å²) in [5.41, 5.74) is 10.6. The van der Waals surface area contributed by atoms with Gasteiger partial charge >= 0.3 is 0 Å². The molecule has 1 aromatic heterocycles. The molecule has 5 N–H and O–H groups in total. The zero-order valence-electron chi connectivity index (χ0n) is 16.7. The molecule has 0 radical (unpaired) electrons. The fourth-order valence-electron chi connectivity index (χ4n) is 4.23. The number of rotatable bonds is 6. The first-order valence-corrected chi connectivity index (χ1v) is 10.6. The van der Waals surface area contributed by atoms with Crippen molar-refractivity contribution in [1.82, 2.24) is 4.90 Å². The van der Waals surface area contributed by atoms with Crippen molar-refractivity contribution in [2.45, 2.75) is 31.8 Å². The van der Waals surface area contributed by atoms with E-state index >= 15 is 0 Å². The topological polar surface area (TPSA) is 107 Å². The number of ether oxygens (including phenoxy) is 1. The van der Waals surface area contributed by atoms with E-state index in [1.54, 1.807) is 24.5 Å². The Bertz CT molecular complexity index is 955. The number of aliphatic hydroxyl groups excluding tert-OH is 1. The molecule has 7 nitrogen and oxygen atoms in total. The van der Waals surface area contributed by atoms with Crippen LogP contribution in [0.3, 0.4) is 0 Å². The molecule has 29 heavy (non-hydrogen) atoms. The van der Waals surface area contributed by atoms with Gasteiger partial charge in [0.2, 0.25) is 0 Å². The summed E-state index contributed by atoms with van der Waals surface area (Å²) in [4.78, 5) is 8.13. The van der Waals surface area contributed by atoms with Crippen molar-refractivity contribution in [1.29, 1.82) is 5.41 Å². The van der Waals surface area contributed by atoms with E-state index in [9.17, 15) is 5.11 Å². The van der Waals surface area contributed by atoms with Crippen LogP contribution in [0.25, 0.3) is 0 Å². The van der Waals surface area contributed by atoms with E-state index in [0.717, 1.165) is 36.4 Å². The summed E-state index contributed by atoms with van der Waals surface area (Å²) in [7, 11) is 3.63. The van der Waals surface area contributed by atoms with Crippen LogP contribution >= 0.6 is 11.3 Å². The Hall–Kier alpha value is -2.58. The maximum atomic E-state index is 9.31. The van der Waals surface area contributed by atoms with Gasteiger partial charge in [0.1, 0.15) is 16.9 Å². The van der Waals surface area contributed by atoms with Gasteiger partial charge in [0, 0.05) is 47.6 Å². The molecule has 1 aliphatic heterocycles. The summed E-state index contributed by atoms with van der Waals surface area (Å²) in [6.45, 7) is 0.252. The maximum Gasteiger partial charge on any atom is 0.144 e. The number of fused-ring (bicyclic) bond motifs is 3. The second-order valence-electron chi connectivity index (χ2n) is 7.63. The molecule has 2 aromatic rings. The number of thiophene rings is 1. The molecule has 0 saturated carbocycles. The molecule has 8 heteroatoms. The monoisotopic (exact) mass is 413 g/mol. The molecular formula is C21H27N5O2S. The number of benzene rings is 1. The summed E-state index contributed by atoms with van der Waals surface area (Å²) in [5, 5.41) is 21.6. The molecule has 1 aliphatic carbocycles. The smallest absolute Gasteiger partial charge is 0.144 e. The lowest BCUT2D eigenvalue weighted by Crippen LogP contribution is -2.32. The number of anilines is 2. The van der Waals surface area contributed by atoms with E-state index in [0.29, 0.717) is 22.9 Å². The van der Waals surface area contributed by atoms with Crippen LogP contribution in [-0.2, 0) is 12.8 Å². The molecule has 0 amide bonds. The standard InChI is InChI=1S/C21H27N5O2S/c1-26-11-24-21-19(14-4-3-12(5-6-27)7-18(14)29-21)20(26)25-16-8-13(10-22)15(23)9-17(16)28-2/h8-12,20,22,25,27H,3-7,23H2,1-2H3. The number of hydrogen-bond acceptors (Lipinski definition) is 8. The third-order valence-corrected chi connectivity index (χ3v) is 6.99. The molecule has 4 rings (SSSR count). The number of aliphatic hydroxyl groups is 1. The first-order chi connectivity index (χ1) is 14.0. The summed E-state index contributed by atoms with van der Waals surface area (Å²) in [6, 6.07) is 3.61. The van der Waals surface area contributed by atoms with Crippen LogP contribution in [0.5, 0.6) is 5.75 Å². The van der Waals surface area contributed by atoms with Crippen LogP contribution in [0.4, 0.5) is 16.4 Å². The van der Waals surface area contributed by atoms with Crippen LogP contribution in [0, 0.1) is 11.3 Å². The lowest BCUT2D eigenvalue weighted by Gasteiger charge is -2.33. The van der Waals surface area contributed by atoms with E-state index in [2.05, 4.69) is 15.2 Å². The van der Waals surface area contributed by atoms with Gasteiger partial charge in [-0.15, -0.1) is 11.3 Å². The van der Waals surface area contributed by atoms with Crippen molar-refractivity contribution < 1.29 is 9.84 Å². The average molecular weight is 414 g/mol. The van der Waals surface area contributed by atoms with E-state index in [1.807, 2.05) is 19.5 Å². The largest absolute Gasteiger partial charge is 0.495 e. The third-order valence-electron chi connectivity index (χ3n) is 5.82.